The van der Waals surface area contributed by atoms with E-state index in [-0.39, 0.29) is 0 Å². The number of thioether (sulfide) groups is 1. The second kappa shape index (κ2) is 5.04. The predicted molar refractivity (Wildman–Crippen MR) is 69.5 cm³/mol. The molecule has 0 atom stereocenters. The van der Waals surface area contributed by atoms with Crippen molar-refractivity contribution in [3.63, 3.8) is 0 Å². The Morgan fingerprint density at radius 2 is 2.12 bits per heavy atom. The Morgan fingerprint density at radius 1 is 1.31 bits per heavy atom. The van der Waals surface area contributed by atoms with Crippen LogP contribution >= 0.6 is 11.8 Å². The molecule has 0 amide bonds. The van der Waals surface area contributed by atoms with Crippen molar-refractivity contribution in [2.24, 2.45) is 5.92 Å². The smallest absolute Gasteiger partial charge is 0.140 e. The van der Waals surface area contributed by atoms with Crippen molar-refractivity contribution in [3.8, 4) is 0 Å². The maximum absolute atomic E-state index is 5.94. The molecule has 0 saturated carbocycles. The van der Waals surface area contributed by atoms with Crippen LogP contribution in [0, 0.1) is 5.92 Å². The third-order valence-corrected chi connectivity index (χ3v) is 4.06. The van der Waals surface area contributed by atoms with E-state index >= 15 is 0 Å². The van der Waals surface area contributed by atoms with Crippen molar-refractivity contribution in [2.45, 2.75) is 38.9 Å². The number of nitrogen functional groups attached to an aromatic ring is 1. The van der Waals surface area contributed by atoms with Crippen molar-refractivity contribution >= 4 is 17.6 Å². The largest absolute Gasteiger partial charge is 0.383 e. The summed E-state index contributed by atoms with van der Waals surface area (Å²) in [5.74, 6) is 4.37. The summed E-state index contributed by atoms with van der Waals surface area (Å²) in [4.78, 5) is 8.99. The summed E-state index contributed by atoms with van der Waals surface area (Å²) < 4.78 is 0. The third kappa shape index (κ3) is 2.67. The van der Waals surface area contributed by atoms with Crippen molar-refractivity contribution in [1.29, 1.82) is 0 Å². The molecule has 0 bridgehead atoms. The molecule has 88 valence electrons. The summed E-state index contributed by atoms with van der Waals surface area (Å²) in [6.07, 6.45) is 3.31. The molecular weight excluding hydrogens is 218 g/mol. The standard InChI is InChI=1S/C12H19N3S/c1-8(2)6-16-7-11-14-10-5-3-4-9(10)12(13)15-11/h8H,3-7H2,1-2H3,(H2,13,14,15). The van der Waals surface area contributed by atoms with Gasteiger partial charge in [-0.2, -0.15) is 11.8 Å². The van der Waals surface area contributed by atoms with E-state index in [0.29, 0.717) is 5.82 Å². The summed E-state index contributed by atoms with van der Waals surface area (Å²) in [6.45, 7) is 4.45. The molecule has 0 spiro atoms. The average Bonchev–Trinajstić information content (AvgIpc) is 2.65. The van der Waals surface area contributed by atoms with E-state index < -0.39 is 0 Å². The summed E-state index contributed by atoms with van der Waals surface area (Å²) in [5.41, 5.74) is 8.32. The van der Waals surface area contributed by atoms with Gasteiger partial charge in [-0.25, -0.2) is 9.97 Å². The minimum atomic E-state index is 0.711. The van der Waals surface area contributed by atoms with Crippen LogP contribution in [-0.4, -0.2) is 15.7 Å². The zero-order valence-corrected chi connectivity index (χ0v) is 10.8. The highest BCUT2D eigenvalue weighted by Crippen LogP contribution is 2.25. The highest BCUT2D eigenvalue weighted by Gasteiger charge is 2.17. The fourth-order valence-corrected chi connectivity index (χ4v) is 2.87. The average molecular weight is 237 g/mol. The van der Waals surface area contributed by atoms with Crippen LogP contribution in [0.5, 0.6) is 0 Å². The zero-order chi connectivity index (χ0) is 11.5. The van der Waals surface area contributed by atoms with E-state index in [0.717, 1.165) is 36.1 Å². The van der Waals surface area contributed by atoms with Gasteiger partial charge in [0.25, 0.3) is 0 Å². The summed E-state index contributed by atoms with van der Waals surface area (Å²) >= 11 is 1.89. The predicted octanol–water partition coefficient (Wildman–Crippen LogP) is 2.44. The molecule has 16 heavy (non-hydrogen) atoms. The highest BCUT2D eigenvalue weighted by molar-refractivity contribution is 7.98. The van der Waals surface area contributed by atoms with Gasteiger partial charge in [0.2, 0.25) is 0 Å². The van der Waals surface area contributed by atoms with Crippen LogP contribution in [0.1, 0.15) is 37.4 Å². The number of hydrogen-bond acceptors (Lipinski definition) is 4. The van der Waals surface area contributed by atoms with Crippen molar-refractivity contribution in [2.75, 3.05) is 11.5 Å². The molecule has 0 aliphatic heterocycles. The van der Waals surface area contributed by atoms with Crippen molar-refractivity contribution < 1.29 is 0 Å². The van der Waals surface area contributed by atoms with Crippen LogP contribution in [0.4, 0.5) is 5.82 Å². The van der Waals surface area contributed by atoms with E-state index in [1.54, 1.807) is 0 Å². The Morgan fingerprint density at radius 3 is 2.88 bits per heavy atom. The van der Waals surface area contributed by atoms with E-state index in [1.807, 2.05) is 11.8 Å². The highest BCUT2D eigenvalue weighted by atomic mass is 32.2. The van der Waals surface area contributed by atoms with Gasteiger partial charge in [0.05, 0.1) is 5.75 Å². The molecule has 0 saturated heterocycles. The maximum atomic E-state index is 5.94. The van der Waals surface area contributed by atoms with Crippen LogP contribution in [0.15, 0.2) is 0 Å². The molecule has 1 aromatic heterocycles. The molecular formula is C12H19N3S. The van der Waals surface area contributed by atoms with E-state index in [1.165, 1.54) is 17.7 Å². The van der Waals surface area contributed by atoms with Crippen molar-refractivity contribution in [3.05, 3.63) is 17.1 Å². The Bertz CT molecular complexity index is 377. The number of anilines is 1. The Labute approximate surface area is 101 Å². The number of nitrogens with zero attached hydrogens (tertiary/aromatic N) is 2. The number of fused-ring (bicyclic) bond motifs is 1. The number of aryl methyl sites for hydroxylation is 1. The van der Waals surface area contributed by atoms with E-state index in [9.17, 15) is 0 Å². The molecule has 1 heterocycles. The monoisotopic (exact) mass is 237 g/mol. The van der Waals surface area contributed by atoms with Crippen molar-refractivity contribution in [1.82, 2.24) is 9.97 Å². The first-order valence-corrected chi connectivity index (χ1v) is 7.04. The molecule has 2 N–H and O–H groups in total. The lowest BCUT2D eigenvalue weighted by atomic mass is 10.2. The van der Waals surface area contributed by atoms with Gasteiger partial charge in [0, 0.05) is 11.3 Å². The molecule has 1 aliphatic carbocycles. The molecule has 4 heteroatoms. The number of hydrogen-bond donors (Lipinski definition) is 1. The fourth-order valence-electron chi connectivity index (χ4n) is 1.96. The van der Waals surface area contributed by atoms with Crippen LogP contribution in [0.2, 0.25) is 0 Å². The van der Waals surface area contributed by atoms with Gasteiger partial charge in [0.15, 0.2) is 0 Å². The fraction of sp³-hybridized carbons (Fsp3) is 0.667. The molecule has 0 unspecified atom stereocenters. The zero-order valence-electron chi connectivity index (χ0n) is 9.99. The molecule has 1 aliphatic rings. The van der Waals surface area contributed by atoms with Gasteiger partial charge in [0.1, 0.15) is 11.6 Å². The lowest BCUT2D eigenvalue weighted by Crippen LogP contribution is -2.05. The molecule has 0 fully saturated rings. The Kier molecular flexibility index (Phi) is 3.69. The Balaban J connectivity index is 2.03. The molecule has 2 rings (SSSR count). The third-order valence-electron chi connectivity index (χ3n) is 2.69. The first-order chi connectivity index (χ1) is 7.66. The quantitative estimate of drug-likeness (QED) is 0.874. The first kappa shape index (κ1) is 11.7. The van der Waals surface area contributed by atoms with Gasteiger partial charge in [-0.1, -0.05) is 13.8 Å². The van der Waals surface area contributed by atoms with Gasteiger partial charge >= 0.3 is 0 Å². The van der Waals surface area contributed by atoms with Gasteiger partial charge in [-0.3, -0.25) is 0 Å². The van der Waals surface area contributed by atoms with E-state index in [2.05, 4.69) is 23.8 Å². The summed E-state index contributed by atoms with van der Waals surface area (Å²) in [7, 11) is 0. The molecule has 1 aromatic rings. The topological polar surface area (TPSA) is 51.8 Å². The number of nitrogens with two attached hydrogens (primary N) is 1. The van der Waals surface area contributed by atoms with Crippen LogP contribution in [0.3, 0.4) is 0 Å². The van der Waals surface area contributed by atoms with Crippen LogP contribution < -0.4 is 5.73 Å². The lowest BCUT2D eigenvalue weighted by molar-refractivity contribution is 0.749. The van der Waals surface area contributed by atoms with Gasteiger partial charge < -0.3 is 5.73 Å². The maximum Gasteiger partial charge on any atom is 0.140 e. The minimum Gasteiger partial charge on any atom is -0.383 e. The minimum absolute atomic E-state index is 0.711. The normalized spacial score (nSPS) is 14.4. The molecule has 3 nitrogen and oxygen atoms in total. The van der Waals surface area contributed by atoms with Gasteiger partial charge in [-0.05, 0) is 30.9 Å². The number of rotatable bonds is 4. The van der Waals surface area contributed by atoms with Gasteiger partial charge in [-0.15, -0.1) is 0 Å². The van der Waals surface area contributed by atoms with Crippen LogP contribution in [-0.2, 0) is 18.6 Å². The first-order valence-electron chi connectivity index (χ1n) is 5.88. The van der Waals surface area contributed by atoms with E-state index in [4.69, 9.17) is 5.73 Å². The lowest BCUT2D eigenvalue weighted by Gasteiger charge is -2.07. The van der Waals surface area contributed by atoms with Crippen LogP contribution in [0.25, 0.3) is 0 Å². The molecule has 0 radical (unpaired) electrons. The Hall–Kier alpha value is -0.770. The summed E-state index contributed by atoms with van der Waals surface area (Å²) in [6, 6.07) is 0. The SMILES string of the molecule is CC(C)CSCc1nc(N)c2c(n1)CCC2. The second-order valence-electron chi connectivity index (χ2n) is 4.71. The second-order valence-corrected chi connectivity index (χ2v) is 5.74. The summed E-state index contributed by atoms with van der Waals surface area (Å²) in [5, 5.41) is 0. The number of aromatic nitrogens is 2. The molecule has 0 aromatic carbocycles.